The molecular formula is C11H15N3S2. The van der Waals surface area contributed by atoms with Crippen molar-refractivity contribution in [2.75, 3.05) is 0 Å². The number of aromatic amines is 1. The molecule has 2 rings (SSSR count). The second-order valence-corrected chi connectivity index (χ2v) is 5.19. The van der Waals surface area contributed by atoms with Crippen LogP contribution in [0.15, 0.2) is 12.4 Å². The molecule has 0 radical (unpaired) electrons. The van der Waals surface area contributed by atoms with Crippen LogP contribution in [0.4, 0.5) is 0 Å². The summed E-state index contributed by atoms with van der Waals surface area (Å²) in [5.74, 6) is 0. The predicted octanol–water partition coefficient (Wildman–Crippen LogP) is 3.18. The maximum atomic E-state index is 5.26. The van der Waals surface area contributed by atoms with Gasteiger partial charge in [0, 0.05) is 23.0 Å². The molecule has 0 aliphatic carbocycles. The lowest BCUT2D eigenvalue weighted by atomic mass is 10.3. The van der Waals surface area contributed by atoms with E-state index in [-0.39, 0.29) is 0 Å². The molecule has 0 bridgehead atoms. The van der Waals surface area contributed by atoms with Gasteiger partial charge < -0.3 is 9.55 Å². The Balaban J connectivity index is 2.26. The largest absolute Gasteiger partial charge is 0.337 e. The van der Waals surface area contributed by atoms with E-state index in [1.165, 1.54) is 10.6 Å². The first-order chi connectivity index (χ1) is 7.74. The molecule has 0 aliphatic rings. The minimum atomic E-state index is 0.782. The maximum Gasteiger partial charge on any atom is 0.177 e. The van der Waals surface area contributed by atoms with Gasteiger partial charge in [0.05, 0.1) is 6.54 Å². The molecule has 0 amide bonds. The summed E-state index contributed by atoms with van der Waals surface area (Å²) in [4.78, 5) is 8.83. The van der Waals surface area contributed by atoms with E-state index in [1.54, 1.807) is 11.3 Å². The Morgan fingerprint density at radius 3 is 2.88 bits per heavy atom. The molecule has 0 spiro atoms. The molecule has 0 aliphatic heterocycles. The highest BCUT2D eigenvalue weighted by Gasteiger charge is 2.06. The number of thiazole rings is 1. The Bertz CT molecular complexity index is 521. The van der Waals surface area contributed by atoms with E-state index in [0.717, 1.165) is 29.2 Å². The molecule has 0 atom stereocenters. The normalized spacial score (nSPS) is 10.9. The fourth-order valence-electron chi connectivity index (χ4n) is 1.62. The number of nitrogens with zero attached hydrogens (tertiary/aromatic N) is 2. The monoisotopic (exact) mass is 253 g/mol. The average Bonchev–Trinajstić information content (AvgIpc) is 2.88. The van der Waals surface area contributed by atoms with Gasteiger partial charge in [-0.25, -0.2) is 4.98 Å². The van der Waals surface area contributed by atoms with Gasteiger partial charge >= 0.3 is 0 Å². The number of nitrogens with one attached hydrogen (secondary N) is 1. The molecule has 5 heteroatoms. The predicted molar refractivity (Wildman–Crippen MR) is 69.6 cm³/mol. The lowest BCUT2D eigenvalue weighted by Crippen LogP contribution is -2.03. The second kappa shape index (κ2) is 4.93. The third kappa shape index (κ3) is 2.25. The Labute approximate surface area is 104 Å². The summed E-state index contributed by atoms with van der Waals surface area (Å²) in [5, 5.41) is 1.13. The van der Waals surface area contributed by atoms with E-state index in [2.05, 4.69) is 28.4 Å². The Hall–Kier alpha value is -0.940. The summed E-state index contributed by atoms with van der Waals surface area (Å²) in [7, 11) is 0. The Morgan fingerprint density at radius 2 is 2.25 bits per heavy atom. The van der Waals surface area contributed by atoms with Crippen molar-refractivity contribution in [1.82, 2.24) is 14.5 Å². The quantitative estimate of drug-likeness (QED) is 0.849. The molecule has 3 nitrogen and oxygen atoms in total. The van der Waals surface area contributed by atoms with Gasteiger partial charge in [0.25, 0.3) is 0 Å². The lowest BCUT2D eigenvalue weighted by Gasteiger charge is -2.03. The Morgan fingerprint density at radius 1 is 1.44 bits per heavy atom. The number of aryl methyl sites for hydroxylation is 2. The van der Waals surface area contributed by atoms with Crippen molar-refractivity contribution >= 4 is 23.6 Å². The number of hydrogen-bond donors (Lipinski definition) is 1. The van der Waals surface area contributed by atoms with Gasteiger partial charge in [-0.3, -0.25) is 0 Å². The number of imidazole rings is 1. The molecule has 16 heavy (non-hydrogen) atoms. The van der Waals surface area contributed by atoms with Crippen molar-refractivity contribution in [2.24, 2.45) is 0 Å². The van der Waals surface area contributed by atoms with E-state index < -0.39 is 0 Å². The standard InChI is InChI=1S/C11H15N3S2/c1-3-8-5-13-11(15)14(8)7-10-12-6-9(4-2)16-10/h5-6H,3-4,7H2,1-2H3,(H,13,15). The van der Waals surface area contributed by atoms with Crippen molar-refractivity contribution in [3.05, 3.63) is 32.7 Å². The second-order valence-electron chi connectivity index (χ2n) is 3.60. The summed E-state index contributed by atoms with van der Waals surface area (Å²) in [6, 6.07) is 0. The van der Waals surface area contributed by atoms with E-state index in [1.807, 2.05) is 12.4 Å². The fraction of sp³-hybridized carbons (Fsp3) is 0.455. The molecule has 1 N–H and O–H groups in total. The van der Waals surface area contributed by atoms with Crippen LogP contribution in [0.2, 0.25) is 0 Å². The zero-order chi connectivity index (χ0) is 11.5. The smallest absolute Gasteiger partial charge is 0.177 e. The van der Waals surface area contributed by atoms with Gasteiger partial charge in [0.2, 0.25) is 0 Å². The minimum absolute atomic E-state index is 0.782. The molecule has 0 saturated carbocycles. The summed E-state index contributed by atoms with van der Waals surface area (Å²) in [5.41, 5.74) is 1.23. The minimum Gasteiger partial charge on any atom is -0.337 e. The number of H-pyrrole nitrogens is 1. The first-order valence-electron chi connectivity index (χ1n) is 5.45. The van der Waals surface area contributed by atoms with Gasteiger partial charge in [-0.2, -0.15) is 0 Å². The molecule has 2 aromatic heterocycles. The topological polar surface area (TPSA) is 33.6 Å². The average molecular weight is 253 g/mol. The van der Waals surface area contributed by atoms with Crippen molar-refractivity contribution < 1.29 is 0 Å². The third-order valence-electron chi connectivity index (χ3n) is 2.56. The van der Waals surface area contributed by atoms with Crippen LogP contribution < -0.4 is 0 Å². The molecule has 0 fully saturated rings. The fourth-order valence-corrected chi connectivity index (χ4v) is 2.71. The highest BCUT2D eigenvalue weighted by molar-refractivity contribution is 7.71. The zero-order valence-corrected chi connectivity index (χ0v) is 11.1. The van der Waals surface area contributed by atoms with Crippen LogP contribution >= 0.6 is 23.6 Å². The van der Waals surface area contributed by atoms with Crippen LogP contribution in [-0.4, -0.2) is 14.5 Å². The highest BCUT2D eigenvalue weighted by Crippen LogP contribution is 2.16. The van der Waals surface area contributed by atoms with E-state index in [4.69, 9.17) is 12.2 Å². The molecular weight excluding hydrogens is 238 g/mol. The summed E-state index contributed by atoms with van der Waals surface area (Å²) < 4.78 is 2.90. The third-order valence-corrected chi connectivity index (χ3v) is 4.02. The highest BCUT2D eigenvalue weighted by atomic mass is 32.1. The van der Waals surface area contributed by atoms with Crippen LogP contribution in [-0.2, 0) is 19.4 Å². The van der Waals surface area contributed by atoms with Gasteiger partial charge in [-0.05, 0) is 25.1 Å². The molecule has 0 aromatic carbocycles. The van der Waals surface area contributed by atoms with Gasteiger partial charge in [-0.15, -0.1) is 11.3 Å². The molecule has 2 aromatic rings. The summed E-state index contributed by atoms with van der Waals surface area (Å²) >= 11 is 7.02. The van der Waals surface area contributed by atoms with Crippen LogP contribution in [0, 0.1) is 4.77 Å². The summed E-state index contributed by atoms with van der Waals surface area (Å²) in [6.07, 6.45) is 5.98. The van der Waals surface area contributed by atoms with Crippen molar-refractivity contribution in [3.8, 4) is 0 Å². The van der Waals surface area contributed by atoms with Crippen molar-refractivity contribution in [2.45, 2.75) is 33.2 Å². The summed E-state index contributed by atoms with van der Waals surface area (Å²) in [6.45, 7) is 5.07. The van der Waals surface area contributed by atoms with Crippen molar-refractivity contribution in [3.63, 3.8) is 0 Å². The van der Waals surface area contributed by atoms with Crippen LogP contribution in [0.5, 0.6) is 0 Å². The Kier molecular flexibility index (Phi) is 3.56. The van der Waals surface area contributed by atoms with E-state index in [0.29, 0.717) is 0 Å². The zero-order valence-electron chi connectivity index (χ0n) is 9.49. The number of hydrogen-bond acceptors (Lipinski definition) is 3. The number of rotatable bonds is 4. The van der Waals surface area contributed by atoms with Crippen LogP contribution in [0.1, 0.15) is 29.4 Å². The number of aromatic nitrogens is 3. The molecule has 0 unspecified atom stereocenters. The molecule has 0 saturated heterocycles. The molecule has 2 heterocycles. The van der Waals surface area contributed by atoms with Gasteiger partial charge in [0.1, 0.15) is 5.01 Å². The maximum absolute atomic E-state index is 5.26. The molecule has 86 valence electrons. The van der Waals surface area contributed by atoms with Gasteiger partial charge in [0.15, 0.2) is 4.77 Å². The SMILES string of the molecule is CCc1cnc(Cn2c(CC)c[nH]c2=S)s1. The lowest BCUT2D eigenvalue weighted by molar-refractivity contribution is 0.731. The first-order valence-corrected chi connectivity index (χ1v) is 6.67. The van der Waals surface area contributed by atoms with E-state index >= 15 is 0 Å². The van der Waals surface area contributed by atoms with Crippen LogP contribution in [0.25, 0.3) is 0 Å². The van der Waals surface area contributed by atoms with Crippen LogP contribution in [0.3, 0.4) is 0 Å². The first kappa shape index (κ1) is 11.5. The van der Waals surface area contributed by atoms with E-state index in [9.17, 15) is 0 Å². The van der Waals surface area contributed by atoms with Gasteiger partial charge in [-0.1, -0.05) is 13.8 Å². The van der Waals surface area contributed by atoms with Crippen molar-refractivity contribution in [1.29, 1.82) is 0 Å².